The van der Waals surface area contributed by atoms with E-state index >= 15 is 0 Å². The highest BCUT2D eigenvalue weighted by Crippen LogP contribution is 2.23. The average molecular weight is 447 g/mol. The van der Waals surface area contributed by atoms with Crippen molar-refractivity contribution < 1.29 is 27.7 Å². The summed E-state index contributed by atoms with van der Waals surface area (Å²) in [5, 5.41) is 13.5. The number of anilines is 1. The van der Waals surface area contributed by atoms with Crippen LogP contribution in [0, 0.1) is 17.0 Å². The molecule has 31 heavy (non-hydrogen) atoms. The predicted molar refractivity (Wildman–Crippen MR) is 111 cm³/mol. The van der Waals surface area contributed by atoms with Gasteiger partial charge in [0.05, 0.1) is 15.4 Å². The molecule has 0 spiro atoms. The molecular weight excluding hydrogens is 426 g/mol. The van der Waals surface area contributed by atoms with Gasteiger partial charge in [-0.1, -0.05) is 6.07 Å². The lowest BCUT2D eigenvalue weighted by molar-refractivity contribution is -0.385. The zero-order chi connectivity index (χ0) is 22.6. The molecule has 0 saturated carbocycles. The third-order valence-electron chi connectivity index (χ3n) is 4.90. The summed E-state index contributed by atoms with van der Waals surface area (Å²) in [7, 11) is -3.55. The molecule has 1 aliphatic rings. The van der Waals surface area contributed by atoms with Crippen molar-refractivity contribution in [2.45, 2.75) is 24.7 Å². The highest BCUT2D eigenvalue weighted by atomic mass is 32.2. The van der Waals surface area contributed by atoms with Crippen LogP contribution in [0.3, 0.4) is 0 Å². The van der Waals surface area contributed by atoms with Crippen molar-refractivity contribution in [3.8, 4) is 0 Å². The molecule has 3 rings (SSSR count). The van der Waals surface area contributed by atoms with Gasteiger partial charge in [0, 0.05) is 30.4 Å². The minimum Gasteiger partial charge on any atom is -0.452 e. The number of nitrogens with one attached hydrogen (secondary N) is 1. The lowest BCUT2D eigenvalue weighted by Gasteiger charge is -2.15. The minimum atomic E-state index is -3.55. The lowest BCUT2D eigenvalue weighted by atomic mass is 10.1. The number of carbonyl (C=O) groups excluding carboxylic acids is 2. The van der Waals surface area contributed by atoms with Crippen LogP contribution in [0.2, 0.25) is 0 Å². The van der Waals surface area contributed by atoms with Gasteiger partial charge in [0.15, 0.2) is 6.61 Å². The number of rotatable bonds is 7. The Morgan fingerprint density at radius 1 is 1.13 bits per heavy atom. The quantitative estimate of drug-likeness (QED) is 0.391. The van der Waals surface area contributed by atoms with Crippen LogP contribution < -0.4 is 5.32 Å². The zero-order valence-corrected chi connectivity index (χ0v) is 17.6. The topological polar surface area (TPSA) is 136 Å². The Balaban J connectivity index is 1.58. The molecule has 10 nitrogen and oxygen atoms in total. The van der Waals surface area contributed by atoms with E-state index in [-0.39, 0.29) is 21.7 Å². The van der Waals surface area contributed by atoms with Crippen molar-refractivity contribution in [2.75, 3.05) is 25.0 Å². The molecule has 0 aromatic heterocycles. The second kappa shape index (κ2) is 9.23. The largest absolute Gasteiger partial charge is 0.452 e. The van der Waals surface area contributed by atoms with Crippen molar-refractivity contribution in [3.05, 3.63) is 63.7 Å². The van der Waals surface area contributed by atoms with Gasteiger partial charge in [0.25, 0.3) is 11.6 Å². The fourth-order valence-corrected chi connectivity index (χ4v) is 4.75. The van der Waals surface area contributed by atoms with Crippen LogP contribution in [-0.2, 0) is 19.6 Å². The third kappa shape index (κ3) is 5.06. The summed E-state index contributed by atoms with van der Waals surface area (Å²) in [5.74, 6) is -1.49. The maximum atomic E-state index is 12.5. The van der Waals surface area contributed by atoms with Crippen molar-refractivity contribution in [2.24, 2.45) is 0 Å². The Labute approximate surface area is 179 Å². The molecular formula is C20H21N3O7S. The summed E-state index contributed by atoms with van der Waals surface area (Å²) < 4.78 is 31.4. The molecule has 0 radical (unpaired) electrons. The number of carbonyl (C=O) groups is 2. The van der Waals surface area contributed by atoms with Gasteiger partial charge in [-0.15, -0.1) is 0 Å². The van der Waals surface area contributed by atoms with Gasteiger partial charge in [-0.3, -0.25) is 14.9 Å². The molecule has 2 aromatic rings. The Morgan fingerprint density at radius 3 is 2.39 bits per heavy atom. The van der Waals surface area contributed by atoms with E-state index in [2.05, 4.69) is 5.32 Å². The van der Waals surface area contributed by atoms with Gasteiger partial charge in [0.2, 0.25) is 10.0 Å². The van der Waals surface area contributed by atoms with Crippen LogP contribution in [0.5, 0.6) is 0 Å². The van der Waals surface area contributed by atoms with Gasteiger partial charge < -0.3 is 10.1 Å². The van der Waals surface area contributed by atoms with Gasteiger partial charge in [-0.2, -0.15) is 4.31 Å². The highest BCUT2D eigenvalue weighted by Gasteiger charge is 2.27. The molecule has 1 N–H and O–H groups in total. The summed E-state index contributed by atoms with van der Waals surface area (Å²) in [6, 6.07) is 9.72. The van der Waals surface area contributed by atoms with E-state index in [4.69, 9.17) is 4.74 Å². The number of sulfonamides is 1. The van der Waals surface area contributed by atoms with Crippen LogP contribution in [0.25, 0.3) is 0 Å². The van der Waals surface area contributed by atoms with E-state index in [0.29, 0.717) is 18.8 Å². The molecule has 11 heteroatoms. The number of benzene rings is 2. The number of ether oxygens (including phenoxy) is 1. The maximum Gasteiger partial charge on any atom is 0.339 e. The molecule has 2 aromatic carbocycles. The summed E-state index contributed by atoms with van der Waals surface area (Å²) >= 11 is 0. The molecule has 0 aliphatic carbocycles. The minimum absolute atomic E-state index is 0.00141. The first-order valence-corrected chi connectivity index (χ1v) is 11.0. The van der Waals surface area contributed by atoms with E-state index in [0.717, 1.165) is 12.8 Å². The first-order valence-electron chi connectivity index (χ1n) is 9.51. The Morgan fingerprint density at radius 2 is 1.77 bits per heavy atom. The fourth-order valence-electron chi connectivity index (χ4n) is 3.24. The number of esters is 1. The second-order valence-electron chi connectivity index (χ2n) is 6.97. The molecule has 0 bridgehead atoms. The van der Waals surface area contributed by atoms with E-state index < -0.39 is 33.4 Å². The molecule has 1 amide bonds. The monoisotopic (exact) mass is 447 g/mol. The van der Waals surface area contributed by atoms with Gasteiger partial charge in [0.1, 0.15) is 0 Å². The number of nitro benzene ring substituents is 1. The average Bonchev–Trinajstić information content (AvgIpc) is 3.28. The lowest BCUT2D eigenvalue weighted by Crippen LogP contribution is -2.27. The van der Waals surface area contributed by atoms with Crippen molar-refractivity contribution in [1.29, 1.82) is 0 Å². The van der Waals surface area contributed by atoms with Crippen LogP contribution in [0.4, 0.5) is 11.4 Å². The molecule has 1 aliphatic heterocycles. The zero-order valence-electron chi connectivity index (χ0n) is 16.7. The normalized spacial score (nSPS) is 14.2. The van der Waals surface area contributed by atoms with E-state index in [9.17, 15) is 28.1 Å². The van der Waals surface area contributed by atoms with E-state index in [1.54, 1.807) is 0 Å². The molecule has 1 heterocycles. The number of amides is 1. The molecule has 0 unspecified atom stereocenters. The molecule has 164 valence electrons. The summed E-state index contributed by atoms with van der Waals surface area (Å²) in [6.07, 6.45) is 1.67. The van der Waals surface area contributed by atoms with Crippen LogP contribution in [-0.4, -0.2) is 49.2 Å². The van der Waals surface area contributed by atoms with Crippen LogP contribution in [0.15, 0.2) is 47.4 Å². The number of nitro groups is 1. The Kier molecular flexibility index (Phi) is 6.66. The summed E-state index contributed by atoms with van der Waals surface area (Å²) in [5.41, 5.74) is 0.266. The maximum absolute atomic E-state index is 12.5. The predicted octanol–water partition coefficient (Wildman–Crippen LogP) is 2.48. The Bertz CT molecular complexity index is 1110. The first-order chi connectivity index (χ1) is 14.7. The number of hydrogen-bond donors (Lipinski definition) is 1. The second-order valence-corrected chi connectivity index (χ2v) is 8.90. The van der Waals surface area contributed by atoms with Crippen molar-refractivity contribution in [1.82, 2.24) is 4.31 Å². The Hall–Kier alpha value is -3.31. The third-order valence-corrected chi connectivity index (χ3v) is 6.81. The van der Waals surface area contributed by atoms with E-state index in [1.165, 1.54) is 53.7 Å². The molecule has 0 atom stereocenters. The van der Waals surface area contributed by atoms with Crippen molar-refractivity contribution in [3.63, 3.8) is 0 Å². The fraction of sp³-hybridized carbons (Fsp3) is 0.300. The molecule has 1 fully saturated rings. The van der Waals surface area contributed by atoms with Crippen molar-refractivity contribution >= 4 is 33.3 Å². The summed E-state index contributed by atoms with van der Waals surface area (Å²) in [6.45, 7) is 1.81. The first kappa shape index (κ1) is 22.4. The summed E-state index contributed by atoms with van der Waals surface area (Å²) in [4.78, 5) is 34.8. The molecule has 1 saturated heterocycles. The number of hydrogen-bond acceptors (Lipinski definition) is 7. The van der Waals surface area contributed by atoms with Gasteiger partial charge in [-0.25, -0.2) is 13.2 Å². The van der Waals surface area contributed by atoms with Gasteiger partial charge >= 0.3 is 5.97 Å². The SMILES string of the molecule is Cc1c(C(=O)OCC(=O)Nc2ccc(S(=O)(=O)N3CCCC3)cc2)cccc1[N+](=O)[O-]. The van der Waals surface area contributed by atoms with E-state index in [1.807, 2.05) is 0 Å². The smallest absolute Gasteiger partial charge is 0.339 e. The number of nitrogens with zero attached hydrogens (tertiary/aromatic N) is 2. The standard InChI is InChI=1S/C20H21N3O7S/c1-14-17(5-4-6-18(14)23(26)27)20(25)30-13-19(24)21-15-7-9-16(10-8-15)31(28,29)22-11-2-3-12-22/h4-10H,2-3,11-13H2,1H3,(H,21,24). The van der Waals surface area contributed by atoms with Gasteiger partial charge in [-0.05, 0) is 50.1 Å². The highest BCUT2D eigenvalue weighted by molar-refractivity contribution is 7.89. The van der Waals surface area contributed by atoms with Crippen LogP contribution in [0.1, 0.15) is 28.8 Å². The van der Waals surface area contributed by atoms with Crippen LogP contribution >= 0.6 is 0 Å².